The Balaban J connectivity index is 1.62. The Labute approximate surface area is 158 Å². The highest BCUT2D eigenvalue weighted by atomic mass is 35.5. The van der Waals surface area contributed by atoms with Gasteiger partial charge in [-0.05, 0) is 37.9 Å². The lowest BCUT2D eigenvalue weighted by atomic mass is 9.89. The summed E-state index contributed by atoms with van der Waals surface area (Å²) in [5, 5.41) is 5.52. The lowest BCUT2D eigenvalue weighted by Gasteiger charge is -2.24. The van der Waals surface area contributed by atoms with Gasteiger partial charge in [0.05, 0.1) is 5.69 Å². The number of anilines is 2. The fourth-order valence-corrected chi connectivity index (χ4v) is 3.54. The molecule has 0 spiro atoms. The standard InChI is InChI=1S/C17H16ClF3N4O2/c18-15-11(17(19,20)21)7-23-16(25-15)24-12-2-1-10(9-3-5-22-6-4-9)13-14(12)27-8-26-13/h1-2,7,9,22H,3-6,8H2,(H,23,24,25). The van der Waals surface area contributed by atoms with E-state index in [-0.39, 0.29) is 12.7 Å². The van der Waals surface area contributed by atoms with Crippen molar-refractivity contribution in [2.75, 3.05) is 25.2 Å². The van der Waals surface area contributed by atoms with Gasteiger partial charge in [-0.3, -0.25) is 0 Å². The summed E-state index contributed by atoms with van der Waals surface area (Å²) < 4.78 is 49.6. The van der Waals surface area contributed by atoms with Crippen LogP contribution in [-0.2, 0) is 6.18 Å². The van der Waals surface area contributed by atoms with Gasteiger partial charge in [0.2, 0.25) is 12.7 Å². The molecule has 10 heteroatoms. The molecule has 1 fully saturated rings. The number of fused-ring (bicyclic) bond motifs is 1. The Morgan fingerprint density at radius 3 is 2.59 bits per heavy atom. The van der Waals surface area contributed by atoms with Crippen molar-refractivity contribution in [2.24, 2.45) is 0 Å². The second-order valence-electron chi connectivity index (χ2n) is 6.31. The number of halogens is 4. The van der Waals surface area contributed by atoms with E-state index in [9.17, 15) is 13.2 Å². The zero-order chi connectivity index (χ0) is 19.0. The molecule has 2 aliphatic heterocycles. The van der Waals surface area contributed by atoms with Crippen LogP contribution in [0, 0.1) is 0 Å². The van der Waals surface area contributed by atoms with Gasteiger partial charge in [-0.15, -0.1) is 0 Å². The van der Waals surface area contributed by atoms with Crippen LogP contribution in [0.4, 0.5) is 24.8 Å². The smallest absolute Gasteiger partial charge is 0.420 e. The normalized spacial score (nSPS) is 17.2. The fraction of sp³-hybridized carbons (Fsp3) is 0.412. The first kappa shape index (κ1) is 18.1. The number of alkyl halides is 3. The van der Waals surface area contributed by atoms with E-state index in [1.165, 1.54) is 0 Å². The predicted octanol–water partition coefficient (Wildman–Crippen LogP) is 4.09. The van der Waals surface area contributed by atoms with Gasteiger partial charge in [0, 0.05) is 11.8 Å². The Morgan fingerprint density at radius 2 is 1.89 bits per heavy atom. The van der Waals surface area contributed by atoms with Gasteiger partial charge in [-0.25, -0.2) is 9.97 Å². The molecule has 0 saturated carbocycles. The zero-order valence-corrected chi connectivity index (χ0v) is 14.8. The van der Waals surface area contributed by atoms with Crippen molar-refractivity contribution in [1.82, 2.24) is 15.3 Å². The second-order valence-corrected chi connectivity index (χ2v) is 6.67. The van der Waals surface area contributed by atoms with Gasteiger partial charge in [0.25, 0.3) is 0 Å². The van der Waals surface area contributed by atoms with Crippen LogP contribution in [0.1, 0.15) is 29.9 Å². The third-order valence-electron chi connectivity index (χ3n) is 4.62. The Kier molecular flexibility index (Phi) is 4.73. The first-order valence-electron chi connectivity index (χ1n) is 8.43. The van der Waals surface area contributed by atoms with Crippen molar-refractivity contribution >= 4 is 23.2 Å². The average molecular weight is 401 g/mol. The van der Waals surface area contributed by atoms with Crippen LogP contribution in [0.25, 0.3) is 0 Å². The molecule has 0 atom stereocenters. The lowest BCUT2D eigenvalue weighted by Crippen LogP contribution is -2.26. The molecule has 0 amide bonds. The summed E-state index contributed by atoms with van der Waals surface area (Å²) in [6.07, 6.45) is -1.96. The molecule has 6 nitrogen and oxygen atoms in total. The number of nitrogens with one attached hydrogen (secondary N) is 2. The molecule has 2 aliphatic rings. The molecular weight excluding hydrogens is 385 g/mol. The molecule has 1 aromatic heterocycles. The lowest BCUT2D eigenvalue weighted by molar-refractivity contribution is -0.137. The largest absolute Gasteiger partial charge is 0.453 e. The highest BCUT2D eigenvalue weighted by Gasteiger charge is 2.35. The third kappa shape index (κ3) is 3.61. The maximum absolute atomic E-state index is 12.8. The molecule has 0 bridgehead atoms. The van der Waals surface area contributed by atoms with E-state index in [0.29, 0.717) is 29.3 Å². The highest BCUT2D eigenvalue weighted by Crippen LogP contribution is 2.47. The number of benzene rings is 1. The summed E-state index contributed by atoms with van der Waals surface area (Å²) >= 11 is 5.65. The van der Waals surface area contributed by atoms with Gasteiger partial charge in [-0.2, -0.15) is 13.2 Å². The van der Waals surface area contributed by atoms with E-state index >= 15 is 0 Å². The molecule has 2 aromatic rings. The predicted molar refractivity (Wildman–Crippen MR) is 92.7 cm³/mol. The van der Waals surface area contributed by atoms with Crippen LogP contribution in [0.15, 0.2) is 18.3 Å². The maximum Gasteiger partial charge on any atom is 0.420 e. The number of aromatic nitrogens is 2. The number of piperidine rings is 1. The fourth-order valence-electron chi connectivity index (χ4n) is 3.30. The number of hydrogen-bond donors (Lipinski definition) is 2. The van der Waals surface area contributed by atoms with E-state index in [4.69, 9.17) is 21.1 Å². The summed E-state index contributed by atoms with van der Waals surface area (Å²) in [5.74, 6) is 1.48. The number of rotatable bonds is 3. The summed E-state index contributed by atoms with van der Waals surface area (Å²) in [4.78, 5) is 7.40. The van der Waals surface area contributed by atoms with Crippen LogP contribution in [0.3, 0.4) is 0 Å². The minimum atomic E-state index is -4.61. The third-order valence-corrected chi connectivity index (χ3v) is 4.91. The van der Waals surface area contributed by atoms with Crippen molar-refractivity contribution < 1.29 is 22.6 Å². The molecule has 3 heterocycles. The van der Waals surface area contributed by atoms with Crippen LogP contribution in [0.5, 0.6) is 11.5 Å². The topological polar surface area (TPSA) is 68.3 Å². The average Bonchev–Trinajstić information content (AvgIpc) is 3.12. The molecule has 144 valence electrons. The molecule has 27 heavy (non-hydrogen) atoms. The maximum atomic E-state index is 12.8. The van der Waals surface area contributed by atoms with Crippen LogP contribution in [0.2, 0.25) is 5.15 Å². The first-order chi connectivity index (χ1) is 12.9. The Bertz CT molecular complexity index is 857. The van der Waals surface area contributed by atoms with E-state index < -0.39 is 16.9 Å². The number of nitrogens with zero attached hydrogens (tertiary/aromatic N) is 2. The van der Waals surface area contributed by atoms with Crippen molar-refractivity contribution in [3.05, 3.63) is 34.6 Å². The van der Waals surface area contributed by atoms with Crippen LogP contribution >= 0.6 is 11.6 Å². The van der Waals surface area contributed by atoms with Crippen molar-refractivity contribution in [3.8, 4) is 11.5 Å². The summed E-state index contributed by atoms with van der Waals surface area (Å²) in [7, 11) is 0. The second kappa shape index (κ2) is 7.05. The molecule has 0 aliphatic carbocycles. The molecule has 4 rings (SSSR count). The number of hydrogen-bond acceptors (Lipinski definition) is 6. The minimum absolute atomic E-state index is 0.0553. The minimum Gasteiger partial charge on any atom is -0.453 e. The highest BCUT2D eigenvalue weighted by molar-refractivity contribution is 6.30. The van der Waals surface area contributed by atoms with Crippen LogP contribution < -0.4 is 20.1 Å². The molecular formula is C17H16ClF3N4O2. The van der Waals surface area contributed by atoms with Gasteiger partial charge >= 0.3 is 6.18 Å². The monoisotopic (exact) mass is 400 g/mol. The zero-order valence-electron chi connectivity index (χ0n) is 14.1. The Morgan fingerprint density at radius 1 is 1.15 bits per heavy atom. The van der Waals surface area contributed by atoms with Crippen molar-refractivity contribution in [2.45, 2.75) is 24.9 Å². The summed E-state index contributed by atoms with van der Waals surface area (Å²) in [5.41, 5.74) is 0.498. The van der Waals surface area contributed by atoms with Gasteiger partial charge in [0.15, 0.2) is 11.5 Å². The van der Waals surface area contributed by atoms with Gasteiger partial charge in [-0.1, -0.05) is 17.7 Å². The van der Waals surface area contributed by atoms with E-state index in [1.807, 2.05) is 6.07 Å². The molecule has 1 saturated heterocycles. The van der Waals surface area contributed by atoms with Gasteiger partial charge in [0.1, 0.15) is 10.7 Å². The van der Waals surface area contributed by atoms with Crippen molar-refractivity contribution in [1.29, 1.82) is 0 Å². The number of ether oxygens (including phenoxy) is 2. The van der Waals surface area contributed by atoms with E-state index in [2.05, 4.69) is 20.6 Å². The van der Waals surface area contributed by atoms with E-state index in [1.54, 1.807) is 6.07 Å². The quantitative estimate of drug-likeness (QED) is 0.756. The molecule has 0 unspecified atom stereocenters. The van der Waals surface area contributed by atoms with Gasteiger partial charge < -0.3 is 20.1 Å². The molecule has 2 N–H and O–H groups in total. The van der Waals surface area contributed by atoms with Crippen LogP contribution in [-0.4, -0.2) is 29.9 Å². The summed E-state index contributed by atoms with van der Waals surface area (Å²) in [6.45, 7) is 1.97. The Hall–Kier alpha value is -2.26. The van der Waals surface area contributed by atoms with Crippen molar-refractivity contribution in [3.63, 3.8) is 0 Å². The molecule has 1 aromatic carbocycles. The SMILES string of the molecule is FC(F)(F)c1cnc(Nc2ccc(C3CCNCC3)c3c2OCO3)nc1Cl. The molecule has 0 radical (unpaired) electrons. The van der Waals surface area contributed by atoms with E-state index in [0.717, 1.165) is 31.5 Å². The summed E-state index contributed by atoms with van der Waals surface area (Å²) in [6, 6.07) is 3.73. The first-order valence-corrected chi connectivity index (χ1v) is 8.81.